The third kappa shape index (κ3) is 4.77. The molecule has 25 heavy (non-hydrogen) atoms. The minimum absolute atomic E-state index is 0.204. The van der Waals surface area contributed by atoms with Crippen molar-refractivity contribution in [1.29, 1.82) is 0 Å². The molecule has 0 saturated heterocycles. The number of benzene rings is 1. The normalized spacial score (nSPS) is 19.1. The molecule has 1 aromatic carbocycles. The molecule has 1 heterocycles. The summed E-state index contributed by atoms with van der Waals surface area (Å²) in [5, 5.41) is 2.70. The van der Waals surface area contributed by atoms with Gasteiger partial charge in [-0.2, -0.15) is 13.2 Å². The van der Waals surface area contributed by atoms with Crippen LogP contribution in [-0.4, -0.2) is 30.6 Å². The molecule has 6 heteroatoms. The van der Waals surface area contributed by atoms with Gasteiger partial charge in [-0.3, -0.25) is 4.79 Å². The van der Waals surface area contributed by atoms with Crippen LogP contribution in [0.4, 0.5) is 18.9 Å². The highest BCUT2D eigenvalue weighted by Gasteiger charge is 2.47. The average molecular weight is 354 g/mol. The zero-order valence-corrected chi connectivity index (χ0v) is 15.0. The van der Waals surface area contributed by atoms with E-state index in [4.69, 9.17) is 0 Å². The minimum atomic E-state index is -4.43. The smallest absolute Gasteiger partial charge is 0.379 e. The van der Waals surface area contributed by atoms with Crippen molar-refractivity contribution >= 4 is 11.6 Å². The van der Waals surface area contributed by atoms with Gasteiger partial charge >= 0.3 is 6.18 Å². The van der Waals surface area contributed by atoms with Crippen LogP contribution in [0.2, 0.25) is 0 Å². The quantitative estimate of drug-likeness (QED) is 0.825. The number of anilines is 1. The maximum absolute atomic E-state index is 13.2. The monoisotopic (exact) mass is 354 g/mol. The summed E-state index contributed by atoms with van der Waals surface area (Å²) in [6.45, 7) is 6.07. The van der Waals surface area contributed by atoms with E-state index in [1.54, 1.807) is 12.1 Å². The van der Waals surface area contributed by atoms with E-state index in [9.17, 15) is 18.0 Å². The second-order valence-electron chi connectivity index (χ2n) is 7.19. The predicted octanol–water partition coefficient (Wildman–Crippen LogP) is 4.78. The van der Waals surface area contributed by atoms with Crippen LogP contribution in [-0.2, 0) is 4.79 Å². The van der Waals surface area contributed by atoms with Gasteiger partial charge in [-0.1, -0.05) is 39.0 Å². The molecule has 0 radical (unpaired) electrons. The number of amides is 1. The number of para-hydroxylation sites is 1. The number of halogens is 3. The van der Waals surface area contributed by atoms with Gasteiger partial charge in [0.15, 0.2) is 0 Å². The molecule has 1 aliphatic heterocycles. The van der Waals surface area contributed by atoms with Crippen LogP contribution in [0.3, 0.4) is 0 Å². The van der Waals surface area contributed by atoms with Crippen molar-refractivity contribution in [3.63, 3.8) is 0 Å². The lowest BCUT2D eigenvalue weighted by Crippen LogP contribution is -2.32. The Morgan fingerprint density at radius 3 is 2.52 bits per heavy atom. The first-order valence-electron chi connectivity index (χ1n) is 8.48. The highest BCUT2D eigenvalue weighted by atomic mass is 19.4. The fraction of sp³-hybridized carbons (Fsp3) is 0.526. The van der Waals surface area contributed by atoms with Crippen molar-refractivity contribution < 1.29 is 18.0 Å². The molecule has 2 rings (SSSR count). The second kappa shape index (κ2) is 7.50. The van der Waals surface area contributed by atoms with E-state index in [1.165, 1.54) is 18.1 Å². The van der Waals surface area contributed by atoms with Crippen LogP contribution in [0, 0.1) is 11.8 Å². The fourth-order valence-corrected chi connectivity index (χ4v) is 3.33. The summed E-state index contributed by atoms with van der Waals surface area (Å²) in [5.41, 5.74) is 1.29. The van der Waals surface area contributed by atoms with Gasteiger partial charge < -0.3 is 10.2 Å². The molecular formula is C19H25F3N2O. The van der Waals surface area contributed by atoms with Crippen LogP contribution < -0.4 is 5.32 Å². The van der Waals surface area contributed by atoms with Crippen LogP contribution >= 0.6 is 0 Å². The van der Waals surface area contributed by atoms with Crippen LogP contribution in [0.15, 0.2) is 36.0 Å². The van der Waals surface area contributed by atoms with Gasteiger partial charge in [0.05, 0.1) is 0 Å². The molecule has 138 valence electrons. The van der Waals surface area contributed by atoms with Crippen LogP contribution in [0.25, 0.3) is 0 Å². The number of carbonyl (C=O) groups is 1. The maximum Gasteiger partial charge on any atom is 0.397 e. The SMILES string of the molecule is CC(C)C[C@H](C)c1ccccc1NC(=O)C1=CN(C)CC1C(F)(F)F. The maximum atomic E-state index is 13.2. The zero-order valence-electron chi connectivity index (χ0n) is 15.0. The Kier molecular flexibility index (Phi) is 5.80. The van der Waals surface area contributed by atoms with Crippen molar-refractivity contribution in [2.24, 2.45) is 11.8 Å². The van der Waals surface area contributed by atoms with E-state index in [0.29, 0.717) is 11.6 Å². The molecule has 0 aliphatic carbocycles. The Bertz CT molecular complexity index is 652. The van der Waals surface area contributed by atoms with Crippen molar-refractivity contribution in [1.82, 2.24) is 4.90 Å². The number of rotatable bonds is 5. The van der Waals surface area contributed by atoms with Gasteiger partial charge in [0, 0.05) is 31.1 Å². The van der Waals surface area contributed by atoms with Gasteiger partial charge in [0.2, 0.25) is 0 Å². The minimum Gasteiger partial charge on any atom is -0.379 e. The second-order valence-corrected chi connectivity index (χ2v) is 7.19. The molecule has 1 aromatic rings. The Morgan fingerprint density at radius 1 is 1.28 bits per heavy atom. The van der Waals surface area contributed by atoms with Gasteiger partial charge in [0.25, 0.3) is 5.91 Å². The van der Waals surface area contributed by atoms with E-state index in [1.807, 2.05) is 12.1 Å². The first-order chi connectivity index (χ1) is 11.6. The number of carbonyl (C=O) groups excluding carboxylic acids is 1. The zero-order chi connectivity index (χ0) is 18.8. The molecule has 0 fully saturated rings. The molecule has 0 saturated carbocycles. The lowest BCUT2D eigenvalue weighted by molar-refractivity contribution is -0.164. The average Bonchev–Trinajstić information content (AvgIpc) is 2.89. The highest BCUT2D eigenvalue weighted by molar-refractivity contribution is 6.04. The number of nitrogens with zero attached hydrogens (tertiary/aromatic N) is 1. The summed E-state index contributed by atoms with van der Waals surface area (Å²) < 4.78 is 39.6. The Labute approximate surface area is 146 Å². The highest BCUT2D eigenvalue weighted by Crippen LogP contribution is 2.37. The molecule has 0 bridgehead atoms. The van der Waals surface area contributed by atoms with E-state index >= 15 is 0 Å². The molecule has 3 nitrogen and oxygen atoms in total. The molecule has 1 aliphatic rings. The molecule has 1 amide bonds. The van der Waals surface area contributed by atoms with Gasteiger partial charge in [0.1, 0.15) is 5.92 Å². The largest absolute Gasteiger partial charge is 0.397 e. The molecule has 1 unspecified atom stereocenters. The van der Waals surface area contributed by atoms with Crippen molar-refractivity contribution in [3.05, 3.63) is 41.6 Å². The van der Waals surface area contributed by atoms with Gasteiger partial charge in [-0.15, -0.1) is 0 Å². The van der Waals surface area contributed by atoms with E-state index in [2.05, 4.69) is 26.1 Å². The summed E-state index contributed by atoms with van der Waals surface area (Å²) in [6, 6.07) is 7.31. The van der Waals surface area contributed by atoms with Crippen molar-refractivity contribution in [2.45, 2.75) is 39.3 Å². The summed E-state index contributed by atoms with van der Waals surface area (Å²) >= 11 is 0. The third-order valence-corrected chi connectivity index (χ3v) is 4.43. The molecular weight excluding hydrogens is 329 g/mol. The summed E-state index contributed by atoms with van der Waals surface area (Å²) in [7, 11) is 1.54. The van der Waals surface area contributed by atoms with Crippen molar-refractivity contribution in [2.75, 3.05) is 18.9 Å². The lowest BCUT2D eigenvalue weighted by Gasteiger charge is -2.21. The van der Waals surface area contributed by atoms with Gasteiger partial charge in [-0.25, -0.2) is 0 Å². The standard InChI is InChI=1S/C19H25F3N2O/c1-12(2)9-13(3)14-7-5-6-8-17(14)23-18(25)15-10-24(4)11-16(15)19(20,21)22/h5-8,10,12-13,16H,9,11H2,1-4H3,(H,23,25)/t13-,16?/m0/s1. The summed E-state index contributed by atoms with van der Waals surface area (Å²) in [5.74, 6) is -1.75. The van der Waals surface area contributed by atoms with Gasteiger partial charge in [-0.05, 0) is 29.9 Å². The molecule has 2 atom stereocenters. The summed E-state index contributed by atoms with van der Waals surface area (Å²) in [6.07, 6.45) is -2.21. The summed E-state index contributed by atoms with van der Waals surface area (Å²) in [4.78, 5) is 13.9. The number of hydrogen-bond acceptors (Lipinski definition) is 2. The Morgan fingerprint density at radius 2 is 1.92 bits per heavy atom. The van der Waals surface area contributed by atoms with Crippen LogP contribution in [0.5, 0.6) is 0 Å². The van der Waals surface area contributed by atoms with E-state index in [0.717, 1.165) is 12.0 Å². The number of nitrogens with one attached hydrogen (secondary N) is 1. The molecule has 0 spiro atoms. The Hall–Kier alpha value is -1.98. The Balaban J connectivity index is 2.22. The third-order valence-electron chi connectivity index (χ3n) is 4.43. The van der Waals surface area contributed by atoms with Crippen LogP contribution in [0.1, 0.15) is 38.7 Å². The molecule has 0 aromatic heterocycles. The molecule has 1 N–H and O–H groups in total. The fourth-order valence-electron chi connectivity index (χ4n) is 3.33. The van der Waals surface area contributed by atoms with E-state index < -0.39 is 18.0 Å². The van der Waals surface area contributed by atoms with E-state index in [-0.39, 0.29) is 18.0 Å². The first kappa shape index (κ1) is 19.3. The van der Waals surface area contributed by atoms with Crippen molar-refractivity contribution in [3.8, 4) is 0 Å². The first-order valence-corrected chi connectivity index (χ1v) is 8.48. The number of hydrogen-bond donors (Lipinski definition) is 1. The topological polar surface area (TPSA) is 32.3 Å². The number of alkyl halides is 3. The lowest BCUT2D eigenvalue weighted by atomic mass is 9.90. The predicted molar refractivity (Wildman–Crippen MR) is 93.2 cm³/mol.